The summed E-state index contributed by atoms with van der Waals surface area (Å²) >= 11 is 0. The van der Waals surface area contributed by atoms with E-state index in [9.17, 15) is 4.79 Å². The summed E-state index contributed by atoms with van der Waals surface area (Å²) < 4.78 is 6.80. The molecule has 3 aromatic heterocycles. The van der Waals surface area contributed by atoms with Crippen LogP contribution in [0.3, 0.4) is 0 Å². The van der Waals surface area contributed by atoms with Crippen LogP contribution in [0, 0.1) is 5.92 Å². The number of aryl methyl sites for hydroxylation is 1. The predicted octanol–water partition coefficient (Wildman–Crippen LogP) is 2.10. The zero-order valence-corrected chi connectivity index (χ0v) is 10.9. The van der Waals surface area contributed by atoms with E-state index < -0.39 is 5.63 Å². The van der Waals surface area contributed by atoms with Crippen LogP contribution in [0.5, 0.6) is 0 Å². The summed E-state index contributed by atoms with van der Waals surface area (Å²) in [5, 5.41) is 4.26. The Kier molecular flexibility index (Phi) is 2.58. The molecule has 6 nitrogen and oxygen atoms in total. The minimum atomic E-state index is -0.433. The molecular weight excluding hydrogens is 244 g/mol. The van der Waals surface area contributed by atoms with Crippen LogP contribution in [0.4, 0.5) is 5.69 Å². The Morgan fingerprint density at radius 3 is 3.05 bits per heavy atom. The Morgan fingerprint density at radius 1 is 1.53 bits per heavy atom. The number of nitrogens with zero attached hydrogens (tertiary/aromatic N) is 2. The molecule has 0 radical (unpaired) electrons. The molecule has 0 saturated carbocycles. The van der Waals surface area contributed by atoms with Crippen LogP contribution in [0.2, 0.25) is 0 Å². The minimum Gasteiger partial charge on any atom is -0.428 e. The van der Waals surface area contributed by atoms with Crippen molar-refractivity contribution < 1.29 is 4.42 Å². The molecule has 0 unspecified atom stereocenters. The van der Waals surface area contributed by atoms with E-state index in [1.54, 1.807) is 6.20 Å². The number of fused-ring (bicyclic) bond motifs is 2. The zero-order chi connectivity index (χ0) is 13.6. The largest absolute Gasteiger partial charge is 0.428 e. The normalized spacial score (nSPS) is 11.9. The third kappa shape index (κ3) is 1.80. The van der Waals surface area contributed by atoms with Gasteiger partial charge in [0.2, 0.25) is 0 Å². The van der Waals surface area contributed by atoms with Gasteiger partial charge >= 0.3 is 5.63 Å². The van der Waals surface area contributed by atoms with Crippen molar-refractivity contribution in [3.05, 3.63) is 22.9 Å². The molecule has 0 fully saturated rings. The third-order valence-corrected chi connectivity index (χ3v) is 3.32. The first-order valence-electron chi connectivity index (χ1n) is 6.32. The molecule has 100 valence electrons. The van der Waals surface area contributed by atoms with Crippen LogP contribution in [-0.2, 0) is 6.54 Å². The van der Waals surface area contributed by atoms with E-state index in [-0.39, 0.29) is 0 Å². The fourth-order valence-corrected chi connectivity index (χ4v) is 2.20. The highest BCUT2D eigenvalue weighted by Crippen LogP contribution is 2.26. The summed E-state index contributed by atoms with van der Waals surface area (Å²) in [6.45, 7) is 5.18. The van der Waals surface area contributed by atoms with Gasteiger partial charge in [-0.05, 0) is 12.3 Å². The fourth-order valence-electron chi connectivity index (χ4n) is 2.20. The van der Waals surface area contributed by atoms with Gasteiger partial charge in [-0.2, -0.15) is 0 Å². The molecule has 0 spiro atoms. The number of aromatic amines is 1. The molecule has 3 heterocycles. The lowest BCUT2D eigenvalue weighted by atomic mass is 10.1. The first-order valence-corrected chi connectivity index (χ1v) is 6.32. The second-order valence-corrected chi connectivity index (χ2v) is 5.15. The van der Waals surface area contributed by atoms with Crippen molar-refractivity contribution in [3.63, 3.8) is 0 Å². The van der Waals surface area contributed by atoms with Crippen molar-refractivity contribution in [2.45, 2.75) is 26.8 Å². The second kappa shape index (κ2) is 4.15. The SMILES string of the molecule is CC(C)CCn1[nH]cc2c(N)c3c(=O)occ3nc21. The number of hydrogen-bond acceptors (Lipinski definition) is 4. The van der Waals surface area contributed by atoms with Gasteiger partial charge in [-0.3, -0.25) is 4.68 Å². The quantitative estimate of drug-likeness (QED) is 0.754. The van der Waals surface area contributed by atoms with E-state index in [1.807, 2.05) is 4.68 Å². The van der Waals surface area contributed by atoms with Crippen molar-refractivity contribution in [2.75, 3.05) is 5.73 Å². The highest BCUT2D eigenvalue weighted by Gasteiger charge is 2.15. The highest BCUT2D eigenvalue weighted by atomic mass is 16.4. The van der Waals surface area contributed by atoms with Crippen LogP contribution in [0.15, 0.2) is 21.7 Å². The van der Waals surface area contributed by atoms with Gasteiger partial charge in [0.15, 0.2) is 5.65 Å². The number of anilines is 1. The summed E-state index contributed by atoms with van der Waals surface area (Å²) in [5.41, 5.74) is 7.29. The molecule has 0 aliphatic heterocycles. The van der Waals surface area contributed by atoms with Crippen molar-refractivity contribution in [1.29, 1.82) is 0 Å². The average Bonchev–Trinajstić information content (AvgIpc) is 2.92. The van der Waals surface area contributed by atoms with Crippen LogP contribution < -0.4 is 11.4 Å². The van der Waals surface area contributed by atoms with E-state index in [0.717, 1.165) is 24.0 Å². The molecule has 0 bridgehead atoms. The Balaban J connectivity index is 2.20. The summed E-state index contributed by atoms with van der Waals surface area (Å²) in [6, 6.07) is 0. The lowest BCUT2D eigenvalue weighted by molar-refractivity contribution is 0.494. The molecular formula is C13H16N4O2. The van der Waals surface area contributed by atoms with Gasteiger partial charge in [0, 0.05) is 12.7 Å². The molecule has 0 aliphatic rings. The lowest BCUT2D eigenvalue weighted by Crippen LogP contribution is -2.05. The monoisotopic (exact) mass is 260 g/mol. The molecule has 19 heavy (non-hydrogen) atoms. The Morgan fingerprint density at radius 2 is 2.32 bits per heavy atom. The average molecular weight is 260 g/mol. The first-order chi connectivity index (χ1) is 9.08. The summed E-state index contributed by atoms with van der Waals surface area (Å²) in [6.07, 6.45) is 4.18. The molecule has 0 amide bonds. The Labute approximate surface area is 109 Å². The second-order valence-electron chi connectivity index (χ2n) is 5.15. The molecule has 6 heteroatoms. The summed E-state index contributed by atoms with van der Waals surface area (Å²) in [4.78, 5) is 16.0. The number of furan rings is 1. The molecule has 3 N–H and O–H groups in total. The van der Waals surface area contributed by atoms with E-state index >= 15 is 0 Å². The minimum absolute atomic E-state index is 0.363. The van der Waals surface area contributed by atoms with Crippen LogP contribution >= 0.6 is 0 Å². The van der Waals surface area contributed by atoms with Crippen molar-refractivity contribution in [3.8, 4) is 0 Å². The van der Waals surface area contributed by atoms with Gasteiger partial charge in [-0.1, -0.05) is 13.8 Å². The molecule has 3 aromatic rings. The highest BCUT2D eigenvalue weighted by molar-refractivity contribution is 6.04. The number of pyridine rings is 1. The van der Waals surface area contributed by atoms with E-state index in [4.69, 9.17) is 10.2 Å². The molecule has 0 saturated heterocycles. The molecule has 0 aliphatic carbocycles. The van der Waals surface area contributed by atoms with E-state index in [0.29, 0.717) is 22.5 Å². The number of nitrogens with two attached hydrogens (primary N) is 1. The first kappa shape index (κ1) is 11.8. The number of nitrogen functional groups attached to an aromatic ring is 1. The summed E-state index contributed by atoms with van der Waals surface area (Å²) in [5.74, 6) is 0.606. The summed E-state index contributed by atoms with van der Waals surface area (Å²) in [7, 11) is 0. The number of rotatable bonds is 3. The maximum absolute atomic E-state index is 11.6. The number of nitrogens with one attached hydrogen (secondary N) is 1. The van der Waals surface area contributed by atoms with Gasteiger partial charge in [0.1, 0.15) is 17.2 Å². The fraction of sp³-hybridized carbons (Fsp3) is 0.385. The number of hydrogen-bond donors (Lipinski definition) is 2. The number of aromatic nitrogens is 3. The molecule has 3 rings (SSSR count). The third-order valence-electron chi connectivity index (χ3n) is 3.32. The number of H-pyrrole nitrogens is 1. The lowest BCUT2D eigenvalue weighted by Gasteiger charge is -2.07. The topological polar surface area (TPSA) is 89.8 Å². The molecule has 0 aromatic carbocycles. The molecule has 0 atom stereocenters. The van der Waals surface area contributed by atoms with Gasteiger partial charge in [0.05, 0.1) is 11.1 Å². The van der Waals surface area contributed by atoms with Crippen molar-refractivity contribution >= 4 is 27.6 Å². The maximum atomic E-state index is 11.6. The van der Waals surface area contributed by atoms with E-state index in [1.165, 1.54) is 6.26 Å². The van der Waals surface area contributed by atoms with Crippen molar-refractivity contribution in [2.24, 2.45) is 5.92 Å². The van der Waals surface area contributed by atoms with Gasteiger partial charge in [0.25, 0.3) is 0 Å². The van der Waals surface area contributed by atoms with Crippen LogP contribution in [0.1, 0.15) is 20.3 Å². The van der Waals surface area contributed by atoms with E-state index in [2.05, 4.69) is 23.9 Å². The van der Waals surface area contributed by atoms with Gasteiger partial charge < -0.3 is 15.2 Å². The standard InChI is InChI=1S/C13H16N4O2/c1-7(2)3-4-17-12-8(5-15-17)11(14)10-9(16-12)6-19-13(10)18/h5-7,15H,3-4,14H2,1-2H3. The van der Waals surface area contributed by atoms with Crippen LogP contribution in [-0.4, -0.2) is 14.8 Å². The zero-order valence-electron chi connectivity index (χ0n) is 10.9. The van der Waals surface area contributed by atoms with Gasteiger partial charge in [-0.25, -0.2) is 9.78 Å². The van der Waals surface area contributed by atoms with Crippen molar-refractivity contribution in [1.82, 2.24) is 14.8 Å². The Hall–Kier alpha value is -2.24. The Bertz CT molecular complexity index is 794. The van der Waals surface area contributed by atoms with Gasteiger partial charge in [-0.15, -0.1) is 0 Å². The maximum Gasteiger partial charge on any atom is 0.347 e. The smallest absolute Gasteiger partial charge is 0.347 e. The van der Waals surface area contributed by atoms with Crippen LogP contribution in [0.25, 0.3) is 21.9 Å². The predicted molar refractivity (Wildman–Crippen MR) is 74.0 cm³/mol.